The second-order valence-electron chi connectivity index (χ2n) is 4.99. The largest absolute Gasteiger partial charge is 0.386 e. The Morgan fingerprint density at radius 3 is 2.53 bits per heavy atom. The van der Waals surface area contributed by atoms with Gasteiger partial charge in [0.1, 0.15) is 11.1 Å². The number of aliphatic hydroxyl groups excluding tert-OH is 1. The summed E-state index contributed by atoms with van der Waals surface area (Å²) in [5.74, 6) is 1.90. The third-order valence-electron chi connectivity index (χ3n) is 3.37. The van der Waals surface area contributed by atoms with Gasteiger partial charge in [-0.25, -0.2) is 4.98 Å². The highest BCUT2D eigenvalue weighted by Crippen LogP contribution is 2.39. The molecule has 2 rings (SSSR count). The maximum absolute atomic E-state index is 10.2. The van der Waals surface area contributed by atoms with Crippen LogP contribution in [0.5, 0.6) is 0 Å². The highest BCUT2D eigenvalue weighted by Gasteiger charge is 2.30. The summed E-state index contributed by atoms with van der Waals surface area (Å²) in [7, 11) is 0. The van der Waals surface area contributed by atoms with E-state index in [-0.39, 0.29) is 6.10 Å². The summed E-state index contributed by atoms with van der Waals surface area (Å²) >= 11 is 1.57. The quantitative estimate of drug-likeness (QED) is 0.838. The molecule has 0 spiro atoms. The Bertz CT molecular complexity index is 289. The Labute approximate surface area is 95.4 Å². The number of hydrogen-bond acceptors (Lipinski definition) is 3. The minimum Gasteiger partial charge on any atom is -0.386 e. The van der Waals surface area contributed by atoms with Crippen molar-refractivity contribution in [2.75, 3.05) is 0 Å². The summed E-state index contributed by atoms with van der Waals surface area (Å²) in [4.78, 5) is 4.21. The van der Waals surface area contributed by atoms with E-state index < -0.39 is 0 Å². The minimum atomic E-state index is -0.338. The van der Waals surface area contributed by atoms with Gasteiger partial charge in [0.2, 0.25) is 0 Å². The molecule has 1 aliphatic rings. The third-order valence-corrected chi connectivity index (χ3v) is 4.21. The first-order valence-electron chi connectivity index (χ1n) is 5.74. The Hall–Kier alpha value is -0.410. The third kappa shape index (κ3) is 2.58. The van der Waals surface area contributed by atoms with Crippen molar-refractivity contribution in [3.63, 3.8) is 0 Å². The van der Waals surface area contributed by atoms with Gasteiger partial charge in [-0.2, -0.15) is 0 Å². The monoisotopic (exact) mass is 225 g/mol. The van der Waals surface area contributed by atoms with Crippen molar-refractivity contribution in [2.45, 2.75) is 39.2 Å². The molecular weight excluding hydrogens is 206 g/mol. The number of hydrogen-bond donors (Lipinski definition) is 1. The smallest absolute Gasteiger partial charge is 0.121 e. The number of aromatic nitrogens is 1. The van der Waals surface area contributed by atoms with Crippen LogP contribution in [0.4, 0.5) is 0 Å². The molecule has 3 atom stereocenters. The van der Waals surface area contributed by atoms with Gasteiger partial charge in [0.25, 0.3) is 0 Å². The number of thiazole rings is 1. The Morgan fingerprint density at radius 1 is 1.33 bits per heavy atom. The van der Waals surface area contributed by atoms with Gasteiger partial charge in [-0.05, 0) is 37.0 Å². The van der Waals surface area contributed by atoms with Crippen molar-refractivity contribution in [2.24, 2.45) is 17.8 Å². The SMILES string of the molecule is CC1CC(C)CC(C(O)c2nccs2)C1. The molecule has 0 aromatic carbocycles. The molecule has 0 aliphatic heterocycles. The van der Waals surface area contributed by atoms with Crippen LogP contribution in [0.3, 0.4) is 0 Å². The topological polar surface area (TPSA) is 33.1 Å². The fourth-order valence-electron chi connectivity index (χ4n) is 2.85. The van der Waals surface area contributed by atoms with Crippen LogP contribution in [0.25, 0.3) is 0 Å². The average Bonchev–Trinajstić information content (AvgIpc) is 2.67. The highest BCUT2D eigenvalue weighted by atomic mass is 32.1. The molecule has 1 aliphatic carbocycles. The molecule has 0 saturated heterocycles. The van der Waals surface area contributed by atoms with E-state index in [1.807, 2.05) is 5.38 Å². The average molecular weight is 225 g/mol. The number of nitrogens with zero attached hydrogens (tertiary/aromatic N) is 1. The molecule has 0 amide bonds. The van der Waals surface area contributed by atoms with Crippen molar-refractivity contribution in [1.82, 2.24) is 4.98 Å². The Balaban J connectivity index is 2.03. The van der Waals surface area contributed by atoms with E-state index in [0.29, 0.717) is 5.92 Å². The van der Waals surface area contributed by atoms with Crippen LogP contribution in [0, 0.1) is 17.8 Å². The second kappa shape index (κ2) is 4.62. The van der Waals surface area contributed by atoms with Crippen molar-refractivity contribution in [1.29, 1.82) is 0 Å². The van der Waals surface area contributed by atoms with Crippen LogP contribution in [-0.2, 0) is 0 Å². The molecule has 3 heteroatoms. The molecule has 1 heterocycles. The molecule has 3 unspecified atom stereocenters. The lowest BCUT2D eigenvalue weighted by Gasteiger charge is -2.33. The zero-order valence-corrected chi connectivity index (χ0v) is 10.2. The van der Waals surface area contributed by atoms with Gasteiger partial charge in [0.05, 0.1) is 0 Å². The van der Waals surface area contributed by atoms with Gasteiger partial charge in [-0.15, -0.1) is 11.3 Å². The van der Waals surface area contributed by atoms with Crippen molar-refractivity contribution in [3.05, 3.63) is 16.6 Å². The van der Waals surface area contributed by atoms with Gasteiger partial charge < -0.3 is 5.11 Å². The van der Waals surface area contributed by atoms with Crippen LogP contribution in [0.2, 0.25) is 0 Å². The van der Waals surface area contributed by atoms with Crippen LogP contribution >= 0.6 is 11.3 Å². The summed E-state index contributed by atoms with van der Waals surface area (Å²) in [5, 5.41) is 13.0. The van der Waals surface area contributed by atoms with Gasteiger partial charge in [0.15, 0.2) is 0 Å². The van der Waals surface area contributed by atoms with E-state index in [2.05, 4.69) is 18.8 Å². The summed E-state index contributed by atoms with van der Waals surface area (Å²) < 4.78 is 0. The fourth-order valence-corrected chi connectivity index (χ4v) is 3.56. The first kappa shape index (κ1) is 11.1. The molecule has 1 fully saturated rings. The molecule has 15 heavy (non-hydrogen) atoms. The van der Waals surface area contributed by atoms with E-state index in [9.17, 15) is 5.11 Å². The first-order valence-corrected chi connectivity index (χ1v) is 6.62. The maximum atomic E-state index is 10.2. The van der Waals surface area contributed by atoms with Gasteiger partial charge in [-0.3, -0.25) is 0 Å². The summed E-state index contributed by atoms with van der Waals surface area (Å²) in [5.41, 5.74) is 0. The lowest BCUT2D eigenvalue weighted by Crippen LogP contribution is -2.24. The van der Waals surface area contributed by atoms with Gasteiger partial charge in [0, 0.05) is 11.6 Å². The van der Waals surface area contributed by atoms with Crippen molar-refractivity contribution < 1.29 is 5.11 Å². The van der Waals surface area contributed by atoms with Crippen LogP contribution in [0.1, 0.15) is 44.2 Å². The van der Waals surface area contributed by atoms with Crippen molar-refractivity contribution in [3.8, 4) is 0 Å². The highest BCUT2D eigenvalue weighted by molar-refractivity contribution is 7.09. The predicted octanol–water partition coefficient (Wildman–Crippen LogP) is 3.25. The van der Waals surface area contributed by atoms with E-state index in [1.165, 1.54) is 6.42 Å². The lowest BCUT2D eigenvalue weighted by molar-refractivity contribution is 0.0550. The molecule has 1 N–H and O–H groups in total. The minimum absolute atomic E-state index is 0.338. The van der Waals surface area contributed by atoms with Gasteiger partial charge in [-0.1, -0.05) is 13.8 Å². The lowest BCUT2D eigenvalue weighted by atomic mass is 9.74. The van der Waals surface area contributed by atoms with Crippen molar-refractivity contribution >= 4 is 11.3 Å². The molecule has 0 radical (unpaired) electrons. The first-order chi connectivity index (χ1) is 7.16. The Morgan fingerprint density at radius 2 is 2.00 bits per heavy atom. The molecule has 1 saturated carbocycles. The standard InChI is InChI=1S/C12H19NOS/c1-8-5-9(2)7-10(6-8)11(14)12-13-3-4-15-12/h3-4,8-11,14H,5-7H2,1-2H3. The summed E-state index contributed by atoms with van der Waals surface area (Å²) in [6, 6.07) is 0. The van der Waals surface area contributed by atoms with Gasteiger partial charge >= 0.3 is 0 Å². The molecule has 84 valence electrons. The van der Waals surface area contributed by atoms with E-state index in [1.54, 1.807) is 17.5 Å². The van der Waals surface area contributed by atoms with E-state index >= 15 is 0 Å². The predicted molar refractivity (Wildman–Crippen MR) is 62.7 cm³/mol. The molecule has 1 aromatic rings. The summed E-state index contributed by atoms with van der Waals surface area (Å²) in [6.07, 6.45) is 5.03. The molecule has 1 aromatic heterocycles. The summed E-state index contributed by atoms with van der Waals surface area (Å²) in [6.45, 7) is 4.58. The molecule has 2 nitrogen and oxygen atoms in total. The van der Waals surface area contributed by atoms with E-state index in [4.69, 9.17) is 0 Å². The second-order valence-corrected chi connectivity index (χ2v) is 5.92. The fraction of sp³-hybridized carbons (Fsp3) is 0.750. The zero-order valence-electron chi connectivity index (χ0n) is 9.39. The maximum Gasteiger partial charge on any atom is 0.121 e. The Kier molecular flexibility index (Phi) is 3.42. The zero-order chi connectivity index (χ0) is 10.8. The normalized spacial score (nSPS) is 33.9. The van der Waals surface area contributed by atoms with Crippen LogP contribution in [0.15, 0.2) is 11.6 Å². The van der Waals surface area contributed by atoms with E-state index in [0.717, 1.165) is 29.7 Å². The van der Waals surface area contributed by atoms with Crippen LogP contribution < -0.4 is 0 Å². The number of aliphatic hydroxyl groups is 1. The molecular formula is C12H19NOS. The number of rotatable bonds is 2. The molecule has 0 bridgehead atoms. The van der Waals surface area contributed by atoms with Crippen LogP contribution in [-0.4, -0.2) is 10.1 Å².